The van der Waals surface area contributed by atoms with Gasteiger partial charge in [0.2, 0.25) is 0 Å². The summed E-state index contributed by atoms with van der Waals surface area (Å²) in [6, 6.07) is 0. The maximum Gasteiger partial charge on any atom is 0.254 e. The topological polar surface area (TPSA) is 59.0 Å². The first kappa shape index (κ1) is 13.1. The van der Waals surface area contributed by atoms with E-state index in [1.807, 2.05) is 7.05 Å². The molecule has 0 atom stereocenters. The van der Waals surface area contributed by atoms with Crippen molar-refractivity contribution < 1.29 is 4.79 Å². The van der Waals surface area contributed by atoms with Crippen LogP contribution in [0.25, 0.3) is 0 Å². The highest BCUT2D eigenvalue weighted by Crippen LogP contribution is 2.31. The molecule has 0 bridgehead atoms. The number of aryl methyl sites for hydroxylation is 1. The van der Waals surface area contributed by atoms with Crippen molar-refractivity contribution >= 4 is 5.91 Å². The van der Waals surface area contributed by atoms with Crippen molar-refractivity contribution in [3.05, 3.63) is 18.0 Å². The molecule has 2 N–H and O–H groups in total. The van der Waals surface area contributed by atoms with Crippen molar-refractivity contribution in [3.8, 4) is 0 Å². The van der Waals surface area contributed by atoms with Gasteiger partial charge in [-0.15, -0.1) is 0 Å². The SMILES string of the molecule is CCC1(CNC(=O)c2cnn(C)c2)CCNCC1. The van der Waals surface area contributed by atoms with Crippen LogP contribution in [0.2, 0.25) is 0 Å². The number of nitrogens with one attached hydrogen (secondary N) is 2. The summed E-state index contributed by atoms with van der Waals surface area (Å²) >= 11 is 0. The highest BCUT2D eigenvalue weighted by Gasteiger charge is 2.30. The number of carbonyl (C=O) groups excluding carboxylic acids is 1. The minimum absolute atomic E-state index is 0.0190. The van der Waals surface area contributed by atoms with E-state index in [1.54, 1.807) is 17.1 Å². The summed E-state index contributed by atoms with van der Waals surface area (Å²) in [7, 11) is 1.82. The van der Waals surface area contributed by atoms with E-state index >= 15 is 0 Å². The largest absolute Gasteiger partial charge is 0.351 e. The van der Waals surface area contributed by atoms with Crippen molar-refractivity contribution in [2.45, 2.75) is 26.2 Å². The summed E-state index contributed by atoms with van der Waals surface area (Å²) in [5.74, 6) is -0.0190. The minimum Gasteiger partial charge on any atom is -0.351 e. The van der Waals surface area contributed by atoms with Crippen LogP contribution in [0.5, 0.6) is 0 Å². The molecule has 0 saturated carbocycles. The van der Waals surface area contributed by atoms with Crippen LogP contribution in [0.3, 0.4) is 0 Å². The predicted molar refractivity (Wildman–Crippen MR) is 70.4 cm³/mol. The molecule has 0 aromatic carbocycles. The lowest BCUT2D eigenvalue weighted by molar-refractivity contribution is 0.0910. The molecule has 1 fully saturated rings. The maximum absolute atomic E-state index is 12.0. The smallest absolute Gasteiger partial charge is 0.254 e. The van der Waals surface area contributed by atoms with E-state index in [0.717, 1.165) is 38.9 Å². The molecule has 2 heterocycles. The number of piperidine rings is 1. The van der Waals surface area contributed by atoms with Crippen LogP contribution in [0.4, 0.5) is 0 Å². The van der Waals surface area contributed by atoms with Crippen LogP contribution < -0.4 is 10.6 Å². The van der Waals surface area contributed by atoms with Crippen molar-refractivity contribution in [1.29, 1.82) is 0 Å². The van der Waals surface area contributed by atoms with E-state index in [9.17, 15) is 4.79 Å². The normalized spacial score (nSPS) is 18.6. The fourth-order valence-corrected chi connectivity index (χ4v) is 2.52. The Bertz CT molecular complexity index is 407. The van der Waals surface area contributed by atoms with Crippen LogP contribution in [0.15, 0.2) is 12.4 Å². The van der Waals surface area contributed by atoms with Gasteiger partial charge in [0, 0.05) is 19.8 Å². The molecule has 0 aliphatic carbocycles. The Morgan fingerprint density at radius 3 is 2.83 bits per heavy atom. The molecule has 1 aromatic rings. The van der Waals surface area contributed by atoms with Crippen LogP contribution in [-0.4, -0.2) is 35.3 Å². The Morgan fingerprint density at radius 2 is 2.28 bits per heavy atom. The lowest BCUT2D eigenvalue weighted by atomic mass is 9.76. The van der Waals surface area contributed by atoms with Crippen LogP contribution in [0.1, 0.15) is 36.5 Å². The van der Waals surface area contributed by atoms with Gasteiger partial charge >= 0.3 is 0 Å². The van der Waals surface area contributed by atoms with E-state index in [2.05, 4.69) is 22.7 Å². The minimum atomic E-state index is -0.0190. The number of hydrogen-bond donors (Lipinski definition) is 2. The van der Waals surface area contributed by atoms with E-state index < -0.39 is 0 Å². The fraction of sp³-hybridized carbons (Fsp3) is 0.692. The van der Waals surface area contributed by atoms with E-state index in [1.165, 1.54) is 0 Å². The van der Waals surface area contributed by atoms with Crippen LogP contribution >= 0.6 is 0 Å². The van der Waals surface area contributed by atoms with Gasteiger partial charge in [-0.25, -0.2) is 0 Å². The molecular weight excluding hydrogens is 228 g/mol. The lowest BCUT2D eigenvalue weighted by Gasteiger charge is -2.37. The Labute approximate surface area is 108 Å². The molecule has 1 aromatic heterocycles. The van der Waals surface area contributed by atoms with Gasteiger partial charge in [0.05, 0.1) is 11.8 Å². The summed E-state index contributed by atoms with van der Waals surface area (Å²) in [4.78, 5) is 12.0. The van der Waals surface area contributed by atoms with Crippen LogP contribution in [0, 0.1) is 5.41 Å². The van der Waals surface area contributed by atoms with Gasteiger partial charge in [0.25, 0.3) is 5.91 Å². The van der Waals surface area contributed by atoms with E-state index in [4.69, 9.17) is 0 Å². The molecule has 100 valence electrons. The third-order valence-electron chi connectivity index (χ3n) is 4.01. The molecular formula is C13H22N4O. The highest BCUT2D eigenvalue weighted by molar-refractivity contribution is 5.93. The molecule has 0 spiro atoms. The first-order valence-electron chi connectivity index (χ1n) is 6.63. The van der Waals surface area contributed by atoms with E-state index in [-0.39, 0.29) is 11.3 Å². The van der Waals surface area contributed by atoms with Crippen LogP contribution in [-0.2, 0) is 7.05 Å². The number of nitrogens with zero attached hydrogens (tertiary/aromatic N) is 2. The lowest BCUT2D eigenvalue weighted by Crippen LogP contribution is -2.44. The molecule has 1 aliphatic rings. The molecule has 5 heteroatoms. The first-order valence-corrected chi connectivity index (χ1v) is 6.63. The van der Waals surface area contributed by atoms with E-state index in [0.29, 0.717) is 5.56 Å². The van der Waals surface area contributed by atoms with Gasteiger partial charge < -0.3 is 10.6 Å². The zero-order valence-electron chi connectivity index (χ0n) is 11.2. The monoisotopic (exact) mass is 250 g/mol. The molecule has 0 unspecified atom stereocenters. The second-order valence-corrected chi connectivity index (χ2v) is 5.19. The summed E-state index contributed by atoms with van der Waals surface area (Å²) in [5.41, 5.74) is 0.904. The van der Waals surface area contributed by atoms with Crippen molar-refractivity contribution in [1.82, 2.24) is 20.4 Å². The van der Waals surface area contributed by atoms with Gasteiger partial charge in [-0.3, -0.25) is 9.48 Å². The molecule has 5 nitrogen and oxygen atoms in total. The average Bonchev–Trinajstić information content (AvgIpc) is 2.84. The van der Waals surface area contributed by atoms with Gasteiger partial charge in [-0.05, 0) is 37.8 Å². The third kappa shape index (κ3) is 2.90. The van der Waals surface area contributed by atoms with Gasteiger partial charge in [-0.2, -0.15) is 5.10 Å². The number of aromatic nitrogens is 2. The first-order chi connectivity index (χ1) is 8.65. The molecule has 1 saturated heterocycles. The molecule has 0 radical (unpaired) electrons. The number of hydrogen-bond acceptors (Lipinski definition) is 3. The predicted octanol–water partition coefficient (Wildman–Crippen LogP) is 0.930. The van der Waals surface area contributed by atoms with Gasteiger partial charge in [0.1, 0.15) is 0 Å². The fourth-order valence-electron chi connectivity index (χ4n) is 2.52. The third-order valence-corrected chi connectivity index (χ3v) is 4.01. The summed E-state index contributed by atoms with van der Waals surface area (Å²) < 4.78 is 1.65. The average molecular weight is 250 g/mol. The summed E-state index contributed by atoms with van der Waals surface area (Å²) in [6.07, 6.45) is 6.74. The zero-order chi connectivity index (χ0) is 13.0. The zero-order valence-corrected chi connectivity index (χ0v) is 11.2. The number of carbonyl (C=O) groups is 1. The van der Waals surface area contributed by atoms with Crippen molar-refractivity contribution in [2.75, 3.05) is 19.6 Å². The Balaban J connectivity index is 1.91. The quantitative estimate of drug-likeness (QED) is 0.836. The summed E-state index contributed by atoms with van der Waals surface area (Å²) in [5, 5.41) is 10.4. The second kappa shape index (κ2) is 5.52. The highest BCUT2D eigenvalue weighted by atomic mass is 16.1. The van der Waals surface area contributed by atoms with Crippen molar-refractivity contribution in [2.24, 2.45) is 12.5 Å². The number of rotatable bonds is 4. The maximum atomic E-state index is 12.0. The molecule has 1 amide bonds. The number of amides is 1. The van der Waals surface area contributed by atoms with Gasteiger partial charge in [-0.1, -0.05) is 6.92 Å². The Morgan fingerprint density at radius 1 is 1.56 bits per heavy atom. The second-order valence-electron chi connectivity index (χ2n) is 5.19. The molecule has 1 aliphatic heterocycles. The summed E-state index contributed by atoms with van der Waals surface area (Å²) in [6.45, 7) is 5.08. The standard InChI is InChI=1S/C13H22N4O/c1-3-13(4-6-14-7-5-13)10-15-12(18)11-8-16-17(2)9-11/h8-9,14H,3-7,10H2,1-2H3,(H,15,18). The van der Waals surface area contributed by atoms with Crippen molar-refractivity contribution in [3.63, 3.8) is 0 Å². The molecule has 18 heavy (non-hydrogen) atoms. The Hall–Kier alpha value is -1.36. The molecule has 2 rings (SSSR count). The Kier molecular flexibility index (Phi) is 4.01. The van der Waals surface area contributed by atoms with Gasteiger partial charge in [0.15, 0.2) is 0 Å².